The lowest BCUT2D eigenvalue weighted by Gasteiger charge is -2.27. The van der Waals surface area contributed by atoms with Gasteiger partial charge in [0.15, 0.2) is 11.5 Å². The molecule has 6 heteroatoms. The SMILES string of the molecule is CC(C)COc1cccc(C2C(C(=O)CC(C)C)=C(O)C(=O)N2Cc2ccncc2)c1. The van der Waals surface area contributed by atoms with Crippen LogP contribution in [0.4, 0.5) is 0 Å². The summed E-state index contributed by atoms with van der Waals surface area (Å²) in [4.78, 5) is 31.6. The smallest absolute Gasteiger partial charge is 0.290 e. The van der Waals surface area contributed by atoms with Crippen molar-refractivity contribution in [3.05, 3.63) is 71.3 Å². The van der Waals surface area contributed by atoms with E-state index in [9.17, 15) is 14.7 Å². The van der Waals surface area contributed by atoms with Gasteiger partial charge in [-0.15, -0.1) is 0 Å². The molecule has 0 fully saturated rings. The zero-order valence-electron chi connectivity index (χ0n) is 18.5. The van der Waals surface area contributed by atoms with Gasteiger partial charge in [0, 0.05) is 25.4 Å². The van der Waals surface area contributed by atoms with Crippen molar-refractivity contribution >= 4 is 11.7 Å². The highest BCUT2D eigenvalue weighted by molar-refractivity contribution is 6.09. The molecule has 1 atom stereocenters. The van der Waals surface area contributed by atoms with Crippen LogP contribution in [0.3, 0.4) is 0 Å². The number of aromatic nitrogens is 1. The number of nitrogens with zero attached hydrogens (tertiary/aromatic N) is 2. The zero-order chi connectivity index (χ0) is 22.5. The maximum atomic E-state index is 13.1. The van der Waals surface area contributed by atoms with E-state index >= 15 is 0 Å². The highest BCUT2D eigenvalue weighted by Crippen LogP contribution is 2.40. The Morgan fingerprint density at radius 1 is 1.13 bits per heavy atom. The summed E-state index contributed by atoms with van der Waals surface area (Å²) in [7, 11) is 0. The Morgan fingerprint density at radius 2 is 1.84 bits per heavy atom. The Balaban J connectivity index is 2.01. The molecule has 164 valence electrons. The predicted molar refractivity (Wildman–Crippen MR) is 118 cm³/mol. The molecule has 0 spiro atoms. The van der Waals surface area contributed by atoms with Crippen LogP contribution in [0.1, 0.15) is 51.3 Å². The molecule has 1 amide bonds. The number of pyridine rings is 1. The van der Waals surface area contributed by atoms with Gasteiger partial charge in [-0.1, -0.05) is 39.8 Å². The highest BCUT2D eigenvalue weighted by Gasteiger charge is 2.43. The molecular formula is C25H30N2O4. The van der Waals surface area contributed by atoms with Gasteiger partial charge in [-0.05, 0) is 47.2 Å². The monoisotopic (exact) mass is 422 g/mol. The van der Waals surface area contributed by atoms with Crippen LogP contribution in [-0.2, 0) is 16.1 Å². The summed E-state index contributed by atoms with van der Waals surface area (Å²) in [6.07, 6.45) is 3.57. The van der Waals surface area contributed by atoms with Crippen molar-refractivity contribution in [2.75, 3.05) is 6.61 Å². The summed E-state index contributed by atoms with van der Waals surface area (Å²) in [5.74, 6) is -0.0627. The molecule has 1 aromatic carbocycles. The van der Waals surface area contributed by atoms with Crippen molar-refractivity contribution in [2.24, 2.45) is 11.8 Å². The van der Waals surface area contributed by atoms with Crippen molar-refractivity contribution < 1.29 is 19.4 Å². The van der Waals surface area contributed by atoms with Crippen molar-refractivity contribution in [1.29, 1.82) is 0 Å². The number of hydrogen-bond donors (Lipinski definition) is 1. The lowest BCUT2D eigenvalue weighted by Crippen LogP contribution is -2.30. The molecule has 0 bridgehead atoms. The number of amides is 1. The fraction of sp³-hybridized carbons (Fsp3) is 0.400. The summed E-state index contributed by atoms with van der Waals surface area (Å²) in [5.41, 5.74) is 1.76. The fourth-order valence-electron chi connectivity index (χ4n) is 3.65. The molecule has 1 aromatic heterocycles. The van der Waals surface area contributed by atoms with E-state index in [1.165, 1.54) is 0 Å². The van der Waals surface area contributed by atoms with E-state index in [-0.39, 0.29) is 30.2 Å². The summed E-state index contributed by atoms with van der Waals surface area (Å²) >= 11 is 0. The molecule has 3 rings (SSSR count). The molecule has 0 saturated carbocycles. The Hall–Kier alpha value is -3.15. The Labute approximate surface area is 183 Å². The zero-order valence-corrected chi connectivity index (χ0v) is 18.5. The van der Waals surface area contributed by atoms with E-state index in [0.717, 1.165) is 11.1 Å². The largest absolute Gasteiger partial charge is 0.503 e. The number of rotatable bonds is 9. The number of carbonyl (C=O) groups is 2. The molecule has 1 aliphatic heterocycles. The highest BCUT2D eigenvalue weighted by atomic mass is 16.5. The van der Waals surface area contributed by atoms with Crippen molar-refractivity contribution in [2.45, 2.75) is 46.7 Å². The number of carbonyl (C=O) groups excluding carboxylic acids is 2. The van der Waals surface area contributed by atoms with Crippen molar-refractivity contribution in [3.8, 4) is 5.75 Å². The second-order valence-corrected chi connectivity index (χ2v) is 8.75. The second-order valence-electron chi connectivity index (χ2n) is 8.75. The molecule has 0 saturated heterocycles. The van der Waals surface area contributed by atoms with Crippen LogP contribution >= 0.6 is 0 Å². The first-order valence-corrected chi connectivity index (χ1v) is 10.7. The molecule has 0 aliphatic carbocycles. The molecule has 31 heavy (non-hydrogen) atoms. The van der Waals surface area contributed by atoms with Crippen molar-refractivity contribution in [1.82, 2.24) is 9.88 Å². The van der Waals surface area contributed by atoms with Gasteiger partial charge < -0.3 is 14.7 Å². The Bertz CT molecular complexity index is 966. The number of ketones is 1. The maximum absolute atomic E-state index is 13.1. The van der Waals surface area contributed by atoms with Gasteiger partial charge in [-0.2, -0.15) is 0 Å². The van der Waals surface area contributed by atoms with Gasteiger partial charge in [-0.25, -0.2) is 0 Å². The van der Waals surface area contributed by atoms with E-state index in [1.807, 2.05) is 50.2 Å². The molecule has 2 aromatic rings. The molecule has 6 nitrogen and oxygen atoms in total. The molecule has 0 radical (unpaired) electrons. The van der Waals surface area contributed by atoms with Crippen LogP contribution in [0.2, 0.25) is 0 Å². The van der Waals surface area contributed by atoms with E-state index < -0.39 is 17.7 Å². The van der Waals surface area contributed by atoms with Crippen LogP contribution in [0.15, 0.2) is 60.1 Å². The van der Waals surface area contributed by atoms with Gasteiger partial charge in [-0.3, -0.25) is 14.6 Å². The number of benzene rings is 1. The number of aliphatic hydroxyl groups excluding tert-OH is 1. The van der Waals surface area contributed by atoms with Crippen LogP contribution < -0.4 is 4.74 Å². The Morgan fingerprint density at radius 3 is 2.48 bits per heavy atom. The van der Waals surface area contributed by atoms with Crippen LogP contribution in [0.5, 0.6) is 5.75 Å². The van der Waals surface area contributed by atoms with Crippen molar-refractivity contribution in [3.63, 3.8) is 0 Å². The van der Waals surface area contributed by atoms with Gasteiger partial charge >= 0.3 is 0 Å². The minimum Gasteiger partial charge on any atom is -0.503 e. The van der Waals surface area contributed by atoms with Crippen LogP contribution in [0.25, 0.3) is 0 Å². The second kappa shape index (κ2) is 9.77. The quantitative estimate of drug-likeness (QED) is 0.637. The number of Topliss-reactive ketones (excluding diaryl/α,β-unsaturated/α-hetero) is 1. The third kappa shape index (κ3) is 5.32. The van der Waals surface area contributed by atoms with E-state index in [0.29, 0.717) is 18.3 Å². The first kappa shape index (κ1) is 22.5. The van der Waals surface area contributed by atoms with Gasteiger partial charge in [0.1, 0.15) is 5.75 Å². The van der Waals surface area contributed by atoms with Gasteiger partial charge in [0.2, 0.25) is 0 Å². The molecule has 1 unspecified atom stereocenters. The van der Waals surface area contributed by atoms with Gasteiger partial charge in [0.05, 0.1) is 18.2 Å². The maximum Gasteiger partial charge on any atom is 0.290 e. The van der Waals surface area contributed by atoms with Gasteiger partial charge in [0.25, 0.3) is 5.91 Å². The third-order valence-electron chi connectivity index (χ3n) is 5.06. The molecule has 1 N–H and O–H groups in total. The topological polar surface area (TPSA) is 79.7 Å². The number of hydrogen-bond acceptors (Lipinski definition) is 5. The summed E-state index contributed by atoms with van der Waals surface area (Å²) in [6.45, 7) is 8.84. The van der Waals surface area contributed by atoms with Crippen LogP contribution in [-0.4, -0.2) is 33.3 Å². The number of ether oxygens (including phenoxy) is 1. The summed E-state index contributed by atoms with van der Waals surface area (Å²) in [6, 6.07) is 10.4. The average molecular weight is 423 g/mol. The summed E-state index contributed by atoms with van der Waals surface area (Å²) < 4.78 is 5.86. The number of aliphatic hydroxyl groups is 1. The lowest BCUT2D eigenvalue weighted by molar-refractivity contribution is -0.130. The summed E-state index contributed by atoms with van der Waals surface area (Å²) in [5, 5.41) is 10.7. The predicted octanol–water partition coefficient (Wildman–Crippen LogP) is 4.63. The lowest BCUT2D eigenvalue weighted by atomic mass is 9.92. The van der Waals surface area contributed by atoms with Crippen LogP contribution in [0, 0.1) is 11.8 Å². The molecular weight excluding hydrogens is 392 g/mol. The standard InChI is InChI=1S/C25H30N2O4/c1-16(2)12-21(28)22-23(19-6-5-7-20(13-19)31-15-17(3)4)27(25(30)24(22)29)14-18-8-10-26-11-9-18/h5-11,13,16-17,23,29H,12,14-15H2,1-4H3. The first-order chi connectivity index (χ1) is 14.8. The first-order valence-electron chi connectivity index (χ1n) is 10.7. The molecule has 2 heterocycles. The Kier molecular flexibility index (Phi) is 7.10. The minimum atomic E-state index is -0.672. The third-order valence-corrected chi connectivity index (χ3v) is 5.06. The van der Waals surface area contributed by atoms with E-state index in [4.69, 9.17) is 4.74 Å². The van der Waals surface area contributed by atoms with E-state index in [1.54, 1.807) is 17.3 Å². The normalized spacial score (nSPS) is 16.5. The molecule has 1 aliphatic rings. The van der Waals surface area contributed by atoms with E-state index in [2.05, 4.69) is 18.8 Å². The fourth-order valence-corrected chi connectivity index (χ4v) is 3.65. The average Bonchev–Trinajstić information content (AvgIpc) is 2.98. The minimum absolute atomic E-state index is 0.110.